The van der Waals surface area contributed by atoms with E-state index in [0.29, 0.717) is 11.4 Å². The molecule has 0 aliphatic heterocycles. The van der Waals surface area contributed by atoms with Crippen LogP contribution in [0.3, 0.4) is 0 Å². The van der Waals surface area contributed by atoms with Gasteiger partial charge in [-0.05, 0) is 41.1 Å². The van der Waals surface area contributed by atoms with E-state index in [0.717, 1.165) is 22.1 Å². The largest absolute Gasteiger partial charge is 0.497 e. The molecular weight excluding hydrogens is 344 g/mol. The van der Waals surface area contributed by atoms with Crippen LogP contribution in [0.2, 0.25) is 0 Å². The lowest BCUT2D eigenvalue weighted by Gasteiger charge is -2.05. The van der Waals surface area contributed by atoms with Crippen LogP contribution in [0.4, 0.5) is 0 Å². The van der Waals surface area contributed by atoms with Crippen molar-refractivity contribution in [3.63, 3.8) is 0 Å². The first-order valence-corrected chi connectivity index (χ1v) is 8.36. The highest BCUT2D eigenvalue weighted by atomic mass is 16.6. The van der Waals surface area contributed by atoms with Crippen LogP contribution in [0.1, 0.15) is 16.2 Å². The van der Waals surface area contributed by atoms with Crippen molar-refractivity contribution < 1.29 is 18.8 Å². The normalized spacial score (nSPS) is 10.7. The van der Waals surface area contributed by atoms with Gasteiger partial charge in [0.2, 0.25) is 5.82 Å². The van der Waals surface area contributed by atoms with Gasteiger partial charge in [-0.1, -0.05) is 41.6 Å². The Morgan fingerprint density at radius 3 is 2.59 bits per heavy atom. The zero-order valence-electron chi connectivity index (χ0n) is 14.6. The van der Waals surface area contributed by atoms with Gasteiger partial charge in [0, 0.05) is 5.56 Å². The average molecular weight is 360 g/mol. The maximum Gasteiger partial charge on any atom is 0.339 e. The Balaban J connectivity index is 1.47. The van der Waals surface area contributed by atoms with Crippen LogP contribution in [0, 0.1) is 0 Å². The molecule has 0 unspecified atom stereocenters. The second-order valence-corrected chi connectivity index (χ2v) is 5.84. The number of rotatable bonds is 5. The molecule has 1 aromatic heterocycles. The maximum atomic E-state index is 12.5. The van der Waals surface area contributed by atoms with E-state index < -0.39 is 5.97 Å². The number of benzene rings is 3. The summed E-state index contributed by atoms with van der Waals surface area (Å²) in [5.74, 6) is 0.964. The van der Waals surface area contributed by atoms with Gasteiger partial charge < -0.3 is 14.0 Å². The van der Waals surface area contributed by atoms with E-state index in [1.165, 1.54) is 0 Å². The van der Waals surface area contributed by atoms with Crippen LogP contribution in [0.5, 0.6) is 5.75 Å². The minimum absolute atomic E-state index is 0.0921. The van der Waals surface area contributed by atoms with E-state index >= 15 is 0 Å². The van der Waals surface area contributed by atoms with E-state index in [-0.39, 0.29) is 12.5 Å². The summed E-state index contributed by atoms with van der Waals surface area (Å²) in [6.45, 7) is -0.0921. The van der Waals surface area contributed by atoms with E-state index in [1.54, 1.807) is 13.2 Å². The molecule has 1 heterocycles. The molecule has 27 heavy (non-hydrogen) atoms. The Bertz CT molecular complexity index is 1080. The molecule has 0 fully saturated rings. The van der Waals surface area contributed by atoms with E-state index in [2.05, 4.69) is 10.1 Å². The third-order valence-electron chi connectivity index (χ3n) is 4.15. The average Bonchev–Trinajstić information content (AvgIpc) is 3.20. The molecule has 134 valence electrons. The summed E-state index contributed by atoms with van der Waals surface area (Å²) in [6, 6.07) is 20.4. The molecule has 0 radical (unpaired) electrons. The van der Waals surface area contributed by atoms with Gasteiger partial charge in [-0.2, -0.15) is 4.98 Å². The highest BCUT2D eigenvalue weighted by Gasteiger charge is 2.14. The van der Waals surface area contributed by atoms with E-state index in [1.807, 2.05) is 60.7 Å². The molecule has 6 heteroatoms. The highest BCUT2D eigenvalue weighted by molar-refractivity contribution is 6.04. The molecule has 0 saturated heterocycles. The Morgan fingerprint density at radius 1 is 1.00 bits per heavy atom. The summed E-state index contributed by atoms with van der Waals surface area (Å²) in [5, 5.41) is 5.74. The van der Waals surface area contributed by atoms with Crippen LogP contribution in [-0.4, -0.2) is 23.2 Å². The fourth-order valence-corrected chi connectivity index (χ4v) is 2.78. The SMILES string of the molecule is COc1ccc(-c2noc(COC(=O)c3cccc4ccccc34)n2)cc1. The Labute approximate surface area is 155 Å². The summed E-state index contributed by atoms with van der Waals surface area (Å²) in [5.41, 5.74) is 1.29. The molecule has 0 spiro atoms. The number of fused-ring (bicyclic) bond motifs is 1. The van der Waals surface area contributed by atoms with Crippen LogP contribution in [0.25, 0.3) is 22.2 Å². The number of nitrogens with zero attached hydrogens (tertiary/aromatic N) is 2. The molecule has 0 amide bonds. The first kappa shape index (κ1) is 16.8. The molecule has 0 saturated carbocycles. The summed E-state index contributed by atoms with van der Waals surface area (Å²) in [7, 11) is 1.60. The number of esters is 1. The van der Waals surface area contributed by atoms with Crippen LogP contribution < -0.4 is 4.74 Å². The molecule has 0 N–H and O–H groups in total. The second-order valence-electron chi connectivity index (χ2n) is 5.84. The molecule has 0 aliphatic rings. The zero-order chi connectivity index (χ0) is 18.6. The molecule has 4 aromatic rings. The van der Waals surface area contributed by atoms with Crippen molar-refractivity contribution in [2.75, 3.05) is 7.11 Å². The summed E-state index contributed by atoms with van der Waals surface area (Å²) < 4.78 is 15.7. The predicted molar refractivity (Wildman–Crippen MR) is 99.4 cm³/mol. The number of methoxy groups -OCH3 is 1. The maximum absolute atomic E-state index is 12.5. The van der Waals surface area contributed by atoms with Crippen molar-refractivity contribution in [2.24, 2.45) is 0 Å². The van der Waals surface area contributed by atoms with Gasteiger partial charge in [-0.15, -0.1) is 0 Å². The van der Waals surface area contributed by atoms with Crippen LogP contribution in [-0.2, 0) is 11.3 Å². The summed E-state index contributed by atoms with van der Waals surface area (Å²) in [4.78, 5) is 16.7. The van der Waals surface area contributed by atoms with Gasteiger partial charge in [0.25, 0.3) is 5.89 Å². The second kappa shape index (κ2) is 7.29. The summed E-state index contributed by atoms with van der Waals surface area (Å²) >= 11 is 0. The number of ether oxygens (including phenoxy) is 2. The van der Waals surface area contributed by atoms with Gasteiger partial charge in [-0.25, -0.2) is 4.79 Å². The van der Waals surface area contributed by atoms with Gasteiger partial charge in [0.05, 0.1) is 12.7 Å². The predicted octanol–water partition coefficient (Wildman–Crippen LogP) is 4.26. The van der Waals surface area contributed by atoms with Gasteiger partial charge in [-0.3, -0.25) is 0 Å². The zero-order valence-corrected chi connectivity index (χ0v) is 14.6. The Kier molecular flexibility index (Phi) is 4.53. The third-order valence-corrected chi connectivity index (χ3v) is 4.15. The third kappa shape index (κ3) is 3.50. The number of aromatic nitrogens is 2. The standard InChI is InChI=1S/C21H16N2O4/c1-25-16-11-9-15(10-12-16)20-22-19(27-23-20)13-26-21(24)18-8-4-6-14-5-2-3-7-17(14)18/h2-12H,13H2,1H3. The van der Waals surface area contributed by atoms with Crippen molar-refractivity contribution in [2.45, 2.75) is 6.61 Å². The molecular formula is C21H16N2O4. The quantitative estimate of drug-likeness (QED) is 0.495. The molecule has 0 bridgehead atoms. The van der Waals surface area contributed by atoms with Crippen molar-refractivity contribution in [3.8, 4) is 17.1 Å². The first-order valence-electron chi connectivity index (χ1n) is 8.36. The number of hydrogen-bond acceptors (Lipinski definition) is 6. The lowest BCUT2D eigenvalue weighted by molar-refractivity contribution is 0.0432. The van der Waals surface area contributed by atoms with E-state index in [4.69, 9.17) is 14.0 Å². The Morgan fingerprint density at radius 2 is 1.78 bits per heavy atom. The highest BCUT2D eigenvalue weighted by Crippen LogP contribution is 2.21. The Hall–Kier alpha value is -3.67. The minimum atomic E-state index is -0.434. The van der Waals surface area contributed by atoms with Gasteiger partial charge >= 0.3 is 5.97 Å². The van der Waals surface area contributed by atoms with Crippen molar-refractivity contribution in [3.05, 3.63) is 78.2 Å². The molecule has 4 rings (SSSR count). The van der Waals surface area contributed by atoms with Crippen molar-refractivity contribution >= 4 is 16.7 Å². The van der Waals surface area contributed by atoms with Crippen LogP contribution >= 0.6 is 0 Å². The molecule has 0 aliphatic carbocycles. The monoisotopic (exact) mass is 360 g/mol. The summed E-state index contributed by atoms with van der Waals surface area (Å²) in [6.07, 6.45) is 0. The lowest BCUT2D eigenvalue weighted by atomic mass is 10.1. The number of carbonyl (C=O) groups excluding carboxylic acids is 1. The van der Waals surface area contributed by atoms with Crippen LogP contribution in [0.15, 0.2) is 71.3 Å². The number of carbonyl (C=O) groups is 1. The first-order chi connectivity index (χ1) is 13.2. The van der Waals surface area contributed by atoms with Crippen molar-refractivity contribution in [1.29, 1.82) is 0 Å². The number of hydrogen-bond donors (Lipinski definition) is 0. The fraction of sp³-hybridized carbons (Fsp3) is 0.0952. The van der Waals surface area contributed by atoms with Gasteiger partial charge in [0.1, 0.15) is 5.75 Å². The molecule has 3 aromatic carbocycles. The molecule has 6 nitrogen and oxygen atoms in total. The lowest BCUT2D eigenvalue weighted by Crippen LogP contribution is -2.06. The van der Waals surface area contributed by atoms with E-state index in [9.17, 15) is 4.79 Å². The smallest absolute Gasteiger partial charge is 0.339 e. The molecule has 0 atom stereocenters. The minimum Gasteiger partial charge on any atom is -0.497 e. The van der Waals surface area contributed by atoms with Gasteiger partial charge in [0.15, 0.2) is 6.61 Å². The fourth-order valence-electron chi connectivity index (χ4n) is 2.78. The topological polar surface area (TPSA) is 74.5 Å². The van der Waals surface area contributed by atoms with Crippen molar-refractivity contribution in [1.82, 2.24) is 10.1 Å².